The Hall–Kier alpha value is -3.25. The zero-order chi connectivity index (χ0) is 24.6. The average molecular weight is 513 g/mol. The molecule has 1 heterocycles. The molecule has 0 aliphatic heterocycles. The lowest BCUT2D eigenvalue weighted by atomic mass is 10.2. The molecule has 0 aliphatic carbocycles. The number of rotatable bonds is 5. The normalized spacial score (nSPS) is 11.9. The molecule has 3 aromatic rings. The van der Waals surface area contributed by atoms with Gasteiger partial charge >= 0.3 is 23.9 Å². The van der Waals surface area contributed by atoms with E-state index in [1.807, 2.05) is 0 Å². The summed E-state index contributed by atoms with van der Waals surface area (Å²) in [5, 5.41) is 10.4. The van der Waals surface area contributed by atoms with Gasteiger partial charge in [-0.1, -0.05) is 23.2 Å². The summed E-state index contributed by atoms with van der Waals surface area (Å²) >= 11 is 11.6. The van der Waals surface area contributed by atoms with Crippen LogP contribution in [-0.2, 0) is 12.4 Å². The molecule has 0 aliphatic rings. The maximum absolute atomic E-state index is 12.8. The number of nitrogens with zero attached hydrogens (tertiary/aromatic N) is 2. The summed E-state index contributed by atoms with van der Waals surface area (Å²) < 4.78 is 87.2. The Balaban J connectivity index is 1.93. The van der Waals surface area contributed by atoms with Crippen LogP contribution in [0.1, 0.15) is 11.1 Å². The first-order chi connectivity index (χ1) is 15.3. The second-order valence-electron chi connectivity index (χ2n) is 6.22. The molecule has 0 bridgehead atoms. The number of pyridine rings is 1. The number of halogens is 8. The van der Waals surface area contributed by atoms with Crippen LogP contribution in [0.2, 0.25) is 10.0 Å². The maximum atomic E-state index is 12.8. The predicted molar refractivity (Wildman–Crippen MR) is 104 cm³/mol. The lowest BCUT2D eigenvalue weighted by Crippen LogP contribution is -2.05. The van der Waals surface area contributed by atoms with Gasteiger partial charge in [-0.2, -0.15) is 31.3 Å². The molecule has 0 N–H and O–H groups in total. The highest BCUT2D eigenvalue weighted by atomic mass is 35.5. The molecular weight excluding hydrogens is 505 g/mol. The smallest absolute Gasteiger partial charge is 0.416 e. The quantitative estimate of drug-likeness (QED) is 0.197. The fourth-order valence-corrected chi connectivity index (χ4v) is 2.86. The molecule has 0 atom stereocenters. The van der Waals surface area contributed by atoms with Crippen LogP contribution in [0.5, 0.6) is 23.3 Å². The van der Waals surface area contributed by atoms with Gasteiger partial charge in [0.15, 0.2) is 0 Å². The Morgan fingerprint density at radius 2 is 1.27 bits per heavy atom. The van der Waals surface area contributed by atoms with Gasteiger partial charge in [-0.05, 0) is 36.4 Å². The molecule has 6 nitrogen and oxygen atoms in total. The van der Waals surface area contributed by atoms with Gasteiger partial charge in [-0.3, -0.25) is 10.1 Å². The van der Waals surface area contributed by atoms with E-state index in [9.17, 15) is 36.5 Å². The summed E-state index contributed by atoms with van der Waals surface area (Å²) in [6.07, 6.45) is -9.32. The van der Waals surface area contributed by atoms with Crippen molar-refractivity contribution in [2.24, 2.45) is 0 Å². The second-order valence-corrected chi connectivity index (χ2v) is 7.04. The van der Waals surface area contributed by atoms with Crippen LogP contribution in [0.15, 0.2) is 48.5 Å². The number of alkyl halides is 6. The molecule has 0 fully saturated rings. The first kappa shape index (κ1) is 24.4. The fourth-order valence-electron chi connectivity index (χ4n) is 2.42. The van der Waals surface area contributed by atoms with Crippen LogP contribution in [0.25, 0.3) is 0 Å². The molecule has 0 saturated carbocycles. The van der Waals surface area contributed by atoms with E-state index in [2.05, 4.69) is 4.98 Å². The van der Waals surface area contributed by atoms with Crippen molar-refractivity contribution in [3.63, 3.8) is 0 Å². The molecule has 0 amide bonds. The summed E-state index contributed by atoms with van der Waals surface area (Å²) in [4.78, 5) is 14.2. The number of benzene rings is 2. The third-order valence-electron chi connectivity index (χ3n) is 3.95. The van der Waals surface area contributed by atoms with Crippen molar-refractivity contribution in [2.75, 3.05) is 0 Å². The van der Waals surface area contributed by atoms with Crippen LogP contribution in [0, 0.1) is 10.1 Å². The van der Waals surface area contributed by atoms with Gasteiger partial charge in [0, 0.05) is 12.1 Å². The molecule has 0 saturated heterocycles. The van der Waals surface area contributed by atoms with E-state index >= 15 is 0 Å². The van der Waals surface area contributed by atoms with E-state index in [4.69, 9.17) is 32.7 Å². The van der Waals surface area contributed by atoms with Crippen molar-refractivity contribution < 1.29 is 40.7 Å². The van der Waals surface area contributed by atoms with Crippen molar-refractivity contribution >= 4 is 28.9 Å². The molecule has 33 heavy (non-hydrogen) atoms. The van der Waals surface area contributed by atoms with E-state index in [0.717, 1.165) is 24.3 Å². The molecule has 0 spiro atoms. The predicted octanol–water partition coefficient (Wildman–Crippen LogP) is 7.92. The highest BCUT2D eigenvalue weighted by Gasteiger charge is 2.32. The summed E-state index contributed by atoms with van der Waals surface area (Å²) in [6, 6.07) is 6.22. The topological polar surface area (TPSA) is 74.5 Å². The van der Waals surface area contributed by atoms with E-state index in [1.54, 1.807) is 0 Å². The molecule has 14 heteroatoms. The Morgan fingerprint density at radius 3 is 1.70 bits per heavy atom. The standard InChI is InChI=1S/C19H8Cl2F6N2O4/c20-11-7-9(18(22,23)24)1-4-14(11)32-16-6-3-13(29(30)31)17(28-16)33-15-5-2-10(8-12(15)21)19(25,26)27/h1-8H. The van der Waals surface area contributed by atoms with Crippen LogP contribution in [0.4, 0.5) is 32.0 Å². The lowest BCUT2D eigenvalue weighted by molar-refractivity contribution is -0.386. The van der Waals surface area contributed by atoms with Crippen LogP contribution < -0.4 is 9.47 Å². The first-order valence-corrected chi connectivity index (χ1v) is 9.26. The Kier molecular flexibility index (Phi) is 6.61. The zero-order valence-corrected chi connectivity index (χ0v) is 17.2. The Morgan fingerprint density at radius 1 is 0.788 bits per heavy atom. The summed E-state index contributed by atoms with van der Waals surface area (Å²) in [6.45, 7) is 0. The maximum Gasteiger partial charge on any atom is 0.416 e. The lowest BCUT2D eigenvalue weighted by Gasteiger charge is -2.12. The van der Waals surface area contributed by atoms with E-state index < -0.39 is 50.0 Å². The van der Waals surface area contributed by atoms with Gasteiger partial charge in [-0.15, -0.1) is 0 Å². The first-order valence-electron chi connectivity index (χ1n) is 8.50. The summed E-state index contributed by atoms with van der Waals surface area (Å²) in [5.74, 6) is -1.67. The Bertz CT molecular complexity index is 1220. The fraction of sp³-hybridized carbons (Fsp3) is 0.105. The molecular formula is C19H8Cl2F6N2O4. The molecule has 0 radical (unpaired) electrons. The van der Waals surface area contributed by atoms with Gasteiger partial charge in [0.1, 0.15) is 11.5 Å². The zero-order valence-electron chi connectivity index (χ0n) is 15.7. The van der Waals surface area contributed by atoms with Crippen LogP contribution >= 0.6 is 23.2 Å². The van der Waals surface area contributed by atoms with Crippen molar-refractivity contribution in [3.8, 4) is 23.3 Å². The molecule has 2 aromatic carbocycles. The Labute approximate surface area is 190 Å². The molecule has 3 rings (SSSR count). The minimum Gasteiger partial charge on any atom is -0.437 e. The van der Waals surface area contributed by atoms with Gasteiger partial charge in [0.2, 0.25) is 5.88 Å². The van der Waals surface area contributed by atoms with Crippen molar-refractivity contribution in [3.05, 3.63) is 79.8 Å². The average Bonchev–Trinajstić information content (AvgIpc) is 2.69. The van der Waals surface area contributed by atoms with Gasteiger partial charge < -0.3 is 9.47 Å². The van der Waals surface area contributed by atoms with Gasteiger partial charge in [0.25, 0.3) is 0 Å². The number of hydrogen-bond acceptors (Lipinski definition) is 5. The minimum atomic E-state index is -4.68. The number of nitro groups is 1. The van der Waals surface area contributed by atoms with E-state index in [0.29, 0.717) is 24.3 Å². The third-order valence-corrected chi connectivity index (χ3v) is 4.54. The minimum absolute atomic E-state index is 0.246. The monoisotopic (exact) mass is 512 g/mol. The molecule has 174 valence electrons. The second kappa shape index (κ2) is 8.94. The summed E-state index contributed by atoms with van der Waals surface area (Å²) in [5.41, 5.74) is -2.79. The number of hydrogen-bond donors (Lipinski definition) is 0. The highest BCUT2D eigenvalue weighted by Crippen LogP contribution is 2.40. The summed E-state index contributed by atoms with van der Waals surface area (Å²) in [7, 11) is 0. The largest absolute Gasteiger partial charge is 0.437 e. The van der Waals surface area contributed by atoms with E-state index in [-0.39, 0.29) is 17.4 Å². The van der Waals surface area contributed by atoms with E-state index in [1.165, 1.54) is 0 Å². The highest BCUT2D eigenvalue weighted by molar-refractivity contribution is 6.32. The van der Waals surface area contributed by atoms with Gasteiger partial charge in [-0.25, -0.2) is 0 Å². The number of aromatic nitrogens is 1. The van der Waals surface area contributed by atoms with Crippen LogP contribution in [0.3, 0.4) is 0 Å². The van der Waals surface area contributed by atoms with Crippen molar-refractivity contribution in [1.29, 1.82) is 0 Å². The number of ether oxygens (including phenoxy) is 2. The SMILES string of the molecule is O=[N+]([O-])c1ccc(Oc2ccc(C(F)(F)F)cc2Cl)nc1Oc1ccc(C(F)(F)F)cc1Cl. The van der Waals surface area contributed by atoms with Crippen molar-refractivity contribution in [1.82, 2.24) is 4.98 Å². The molecule has 1 aromatic heterocycles. The van der Waals surface area contributed by atoms with Crippen LogP contribution in [-0.4, -0.2) is 9.91 Å². The molecule has 0 unspecified atom stereocenters. The third kappa shape index (κ3) is 5.76. The van der Waals surface area contributed by atoms with Gasteiger partial charge in [0.05, 0.1) is 26.1 Å². The van der Waals surface area contributed by atoms with Crippen molar-refractivity contribution in [2.45, 2.75) is 12.4 Å².